The monoisotopic (exact) mass is 266 g/mol. The Morgan fingerprint density at radius 2 is 2.11 bits per heavy atom. The Bertz CT molecular complexity index is 393. The van der Waals surface area contributed by atoms with Gasteiger partial charge in [0.1, 0.15) is 5.82 Å². The van der Waals surface area contributed by atoms with Crippen molar-refractivity contribution in [3.8, 4) is 0 Å². The molecule has 1 aromatic carbocycles. The van der Waals surface area contributed by atoms with Crippen molar-refractivity contribution >= 4 is 0 Å². The van der Waals surface area contributed by atoms with E-state index in [1.54, 1.807) is 6.07 Å². The standard InChI is InChI=1S/C15H23FN2O/c1-12(13-5-4-6-14(16)9-13)17-10-15(19)11-18-7-2-3-8-18/h4-6,9,12,15,17,19H,2-3,7-8,10-11H2,1H3/t12-,15?/m0/s1. The van der Waals surface area contributed by atoms with Crippen LogP contribution in [0.2, 0.25) is 0 Å². The Labute approximate surface area is 114 Å². The predicted octanol–water partition coefficient (Wildman–Crippen LogP) is 1.93. The van der Waals surface area contributed by atoms with E-state index in [9.17, 15) is 9.50 Å². The van der Waals surface area contributed by atoms with Crippen molar-refractivity contribution in [2.24, 2.45) is 0 Å². The third-order valence-electron chi connectivity index (χ3n) is 3.68. The minimum absolute atomic E-state index is 0.0453. The van der Waals surface area contributed by atoms with E-state index in [0.29, 0.717) is 6.54 Å². The molecule has 2 atom stereocenters. The first kappa shape index (κ1) is 14.4. The Kier molecular flexibility index (Phi) is 5.31. The summed E-state index contributed by atoms with van der Waals surface area (Å²) in [6, 6.07) is 6.63. The van der Waals surface area contributed by atoms with E-state index >= 15 is 0 Å². The van der Waals surface area contributed by atoms with Gasteiger partial charge >= 0.3 is 0 Å². The van der Waals surface area contributed by atoms with Crippen molar-refractivity contribution in [2.75, 3.05) is 26.2 Å². The van der Waals surface area contributed by atoms with Gasteiger partial charge in [0.15, 0.2) is 0 Å². The summed E-state index contributed by atoms with van der Waals surface area (Å²) in [5.74, 6) is -0.219. The number of halogens is 1. The van der Waals surface area contributed by atoms with Crippen molar-refractivity contribution in [3.05, 3.63) is 35.6 Å². The number of hydrogen-bond acceptors (Lipinski definition) is 3. The average Bonchev–Trinajstić information content (AvgIpc) is 2.88. The SMILES string of the molecule is C[C@H](NCC(O)CN1CCCC1)c1cccc(F)c1. The number of benzene rings is 1. The molecule has 1 heterocycles. The van der Waals surface area contributed by atoms with Crippen LogP contribution in [-0.2, 0) is 0 Å². The molecule has 1 fully saturated rings. The Hall–Kier alpha value is -0.970. The first-order valence-electron chi connectivity index (χ1n) is 7.04. The lowest BCUT2D eigenvalue weighted by molar-refractivity contribution is 0.121. The van der Waals surface area contributed by atoms with Gasteiger partial charge in [-0.2, -0.15) is 0 Å². The highest BCUT2D eigenvalue weighted by atomic mass is 19.1. The molecule has 0 saturated carbocycles. The number of rotatable bonds is 6. The van der Waals surface area contributed by atoms with Gasteiger partial charge in [0, 0.05) is 19.1 Å². The van der Waals surface area contributed by atoms with Gasteiger partial charge in [0.05, 0.1) is 6.10 Å². The van der Waals surface area contributed by atoms with Gasteiger partial charge in [-0.1, -0.05) is 12.1 Å². The van der Waals surface area contributed by atoms with Gasteiger partial charge in [-0.25, -0.2) is 4.39 Å². The summed E-state index contributed by atoms with van der Waals surface area (Å²) < 4.78 is 13.1. The fourth-order valence-electron chi connectivity index (χ4n) is 2.53. The van der Waals surface area contributed by atoms with Crippen molar-refractivity contribution in [2.45, 2.75) is 31.9 Å². The van der Waals surface area contributed by atoms with Gasteiger partial charge in [0.2, 0.25) is 0 Å². The normalized spacial score (nSPS) is 19.5. The smallest absolute Gasteiger partial charge is 0.123 e. The molecule has 1 unspecified atom stereocenters. The van der Waals surface area contributed by atoms with Crippen LogP contribution in [0.4, 0.5) is 4.39 Å². The quantitative estimate of drug-likeness (QED) is 0.826. The van der Waals surface area contributed by atoms with Crippen LogP contribution in [0.3, 0.4) is 0 Å². The number of likely N-dealkylation sites (tertiary alicyclic amines) is 1. The Balaban J connectivity index is 1.74. The largest absolute Gasteiger partial charge is 0.390 e. The zero-order valence-corrected chi connectivity index (χ0v) is 11.5. The Morgan fingerprint density at radius 1 is 1.37 bits per heavy atom. The van der Waals surface area contributed by atoms with E-state index in [1.165, 1.54) is 25.0 Å². The van der Waals surface area contributed by atoms with Crippen molar-refractivity contribution in [1.29, 1.82) is 0 Å². The van der Waals surface area contributed by atoms with Gasteiger partial charge in [0.25, 0.3) is 0 Å². The maximum absolute atomic E-state index is 13.1. The minimum Gasteiger partial charge on any atom is -0.390 e. The van der Waals surface area contributed by atoms with Crippen LogP contribution in [0.1, 0.15) is 31.4 Å². The molecule has 19 heavy (non-hydrogen) atoms. The molecule has 0 spiro atoms. The molecular weight excluding hydrogens is 243 g/mol. The molecule has 0 bridgehead atoms. The minimum atomic E-state index is -0.367. The van der Waals surface area contributed by atoms with Crippen LogP contribution in [0.5, 0.6) is 0 Å². The van der Waals surface area contributed by atoms with Crippen molar-refractivity contribution in [3.63, 3.8) is 0 Å². The summed E-state index contributed by atoms with van der Waals surface area (Å²) in [6.45, 7) is 5.43. The molecule has 0 aromatic heterocycles. The molecule has 1 aliphatic rings. The van der Waals surface area contributed by atoms with Gasteiger partial charge in [-0.3, -0.25) is 0 Å². The maximum Gasteiger partial charge on any atom is 0.123 e. The molecule has 2 rings (SSSR count). The van der Waals surface area contributed by atoms with Crippen LogP contribution in [0.15, 0.2) is 24.3 Å². The van der Waals surface area contributed by atoms with E-state index in [0.717, 1.165) is 25.2 Å². The molecule has 3 nitrogen and oxygen atoms in total. The predicted molar refractivity (Wildman–Crippen MR) is 74.5 cm³/mol. The second-order valence-electron chi connectivity index (χ2n) is 5.35. The van der Waals surface area contributed by atoms with E-state index in [1.807, 2.05) is 13.0 Å². The second kappa shape index (κ2) is 6.98. The molecule has 0 aliphatic carbocycles. The lowest BCUT2D eigenvalue weighted by Gasteiger charge is -2.22. The number of aliphatic hydroxyl groups is 1. The fourth-order valence-corrected chi connectivity index (χ4v) is 2.53. The van der Waals surface area contributed by atoms with E-state index in [-0.39, 0.29) is 18.0 Å². The zero-order valence-electron chi connectivity index (χ0n) is 11.5. The average molecular weight is 266 g/mol. The molecule has 2 N–H and O–H groups in total. The first-order chi connectivity index (χ1) is 9.15. The summed E-state index contributed by atoms with van der Waals surface area (Å²) in [5.41, 5.74) is 0.911. The maximum atomic E-state index is 13.1. The molecule has 1 aliphatic heterocycles. The number of β-amino-alcohol motifs (C(OH)–C–C–N with tert-alkyl or cyclic N) is 1. The van der Waals surface area contributed by atoms with Crippen LogP contribution in [0, 0.1) is 5.82 Å². The second-order valence-corrected chi connectivity index (χ2v) is 5.35. The molecule has 1 aromatic rings. The lowest BCUT2D eigenvalue weighted by atomic mass is 10.1. The fraction of sp³-hybridized carbons (Fsp3) is 0.600. The van der Waals surface area contributed by atoms with Gasteiger partial charge in [-0.05, 0) is 50.6 Å². The van der Waals surface area contributed by atoms with Crippen LogP contribution in [0.25, 0.3) is 0 Å². The Morgan fingerprint density at radius 3 is 2.79 bits per heavy atom. The first-order valence-corrected chi connectivity index (χ1v) is 7.04. The summed E-state index contributed by atoms with van der Waals surface area (Å²) >= 11 is 0. The van der Waals surface area contributed by atoms with Gasteiger partial charge in [-0.15, -0.1) is 0 Å². The molecule has 0 radical (unpaired) electrons. The van der Waals surface area contributed by atoms with Crippen LogP contribution in [-0.4, -0.2) is 42.3 Å². The third kappa shape index (κ3) is 4.56. The highest BCUT2D eigenvalue weighted by Crippen LogP contribution is 2.13. The van der Waals surface area contributed by atoms with Crippen molar-refractivity contribution in [1.82, 2.24) is 10.2 Å². The van der Waals surface area contributed by atoms with E-state index in [2.05, 4.69) is 10.2 Å². The summed E-state index contributed by atoms with van der Waals surface area (Å²) in [5, 5.41) is 13.2. The number of aliphatic hydroxyl groups excluding tert-OH is 1. The zero-order chi connectivity index (χ0) is 13.7. The van der Waals surface area contributed by atoms with Crippen LogP contribution < -0.4 is 5.32 Å². The summed E-state index contributed by atoms with van der Waals surface area (Å²) in [4.78, 5) is 2.29. The molecular formula is C15H23FN2O. The number of hydrogen-bond donors (Lipinski definition) is 2. The van der Waals surface area contributed by atoms with E-state index < -0.39 is 0 Å². The molecule has 4 heteroatoms. The highest BCUT2D eigenvalue weighted by molar-refractivity contribution is 5.19. The lowest BCUT2D eigenvalue weighted by Crippen LogP contribution is -2.37. The summed E-state index contributed by atoms with van der Waals surface area (Å²) in [7, 11) is 0. The van der Waals surface area contributed by atoms with Crippen molar-refractivity contribution < 1.29 is 9.50 Å². The molecule has 1 saturated heterocycles. The molecule has 0 amide bonds. The third-order valence-corrected chi connectivity index (χ3v) is 3.68. The van der Waals surface area contributed by atoms with Crippen LogP contribution >= 0.6 is 0 Å². The summed E-state index contributed by atoms with van der Waals surface area (Å²) in [6.07, 6.45) is 2.11. The number of nitrogens with zero attached hydrogens (tertiary/aromatic N) is 1. The number of nitrogens with one attached hydrogen (secondary N) is 1. The van der Waals surface area contributed by atoms with Gasteiger partial charge < -0.3 is 15.3 Å². The molecule has 106 valence electrons. The topological polar surface area (TPSA) is 35.5 Å². The highest BCUT2D eigenvalue weighted by Gasteiger charge is 2.16. The van der Waals surface area contributed by atoms with E-state index in [4.69, 9.17) is 0 Å².